The summed E-state index contributed by atoms with van der Waals surface area (Å²) < 4.78 is 5.25. The molecule has 0 aromatic carbocycles. The Kier molecular flexibility index (Phi) is 2.74. The maximum Gasteiger partial charge on any atom is 0.343 e. The first kappa shape index (κ1) is 10.8. The molecule has 6 heteroatoms. The van der Waals surface area contributed by atoms with E-state index in [0.717, 1.165) is 4.47 Å². The van der Waals surface area contributed by atoms with Crippen molar-refractivity contribution in [2.45, 2.75) is 0 Å². The van der Waals surface area contributed by atoms with Crippen molar-refractivity contribution in [3.05, 3.63) is 38.7 Å². The molecule has 2 heterocycles. The van der Waals surface area contributed by atoms with Gasteiger partial charge >= 0.3 is 5.97 Å². The number of hydrogen-bond donors (Lipinski definition) is 1. The number of halogens is 1. The van der Waals surface area contributed by atoms with E-state index < -0.39 is 11.4 Å². The molecule has 0 aliphatic heterocycles. The summed E-state index contributed by atoms with van der Waals surface area (Å²) in [5.74, 6) is -0.673. The van der Waals surface area contributed by atoms with Gasteiger partial charge in [-0.15, -0.1) is 0 Å². The van der Waals surface area contributed by atoms with Crippen molar-refractivity contribution in [2.24, 2.45) is 0 Å². The quantitative estimate of drug-likeness (QED) is 0.804. The van der Waals surface area contributed by atoms with Gasteiger partial charge in [0.25, 0.3) is 0 Å². The zero-order chi connectivity index (χ0) is 11.7. The van der Waals surface area contributed by atoms with Crippen LogP contribution in [0.4, 0.5) is 0 Å². The molecule has 1 N–H and O–H groups in total. The monoisotopic (exact) mass is 282 g/mol. The second kappa shape index (κ2) is 4.05. The average Bonchev–Trinajstić information content (AvgIpc) is 2.28. The molecule has 0 radical (unpaired) electrons. The number of aromatic amines is 1. The van der Waals surface area contributed by atoms with E-state index in [4.69, 9.17) is 0 Å². The van der Waals surface area contributed by atoms with Crippen LogP contribution in [-0.2, 0) is 4.74 Å². The molecule has 0 amide bonds. The predicted octanol–water partition coefficient (Wildman–Crippen LogP) is 1.47. The van der Waals surface area contributed by atoms with Crippen LogP contribution in [0, 0.1) is 0 Å². The molecule has 0 unspecified atom stereocenters. The topological polar surface area (TPSA) is 72.1 Å². The maximum absolute atomic E-state index is 11.8. The van der Waals surface area contributed by atoms with E-state index in [2.05, 4.69) is 30.6 Å². The summed E-state index contributed by atoms with van der Waals surface area (Å²) in [6, 6.07) is 1.71. The third-order valence-electron chi connectivity index (χ3n) is 2.09. The molecule has 0 atom stereocenters. The molecule has 16 heavy (non-hydrogen) atoms. The molecule has 0 aliphatic rings. The molecule has 5 nitrogen and oxygen atoms in total. The summed E-state index contributed by atoms with van der Waals surface area (Å²) in [5.41, 5.74) is 0.288. The van der Waals surface area contributed by atoms with Crippen LogP contribution in [0.1, 0.15) is 10.4 Å². The second-order valence-corrected chi connectivity index (χ2v) is 3.99. The Bertz CT molecular complexity index is 621. The molecule has 0 bridgehead atoms. The molecule has 0 fully saturated rings. The third-order valence-corrected chi connectivity index (χ3v) is 2.53. The highest BCUT2D eigenvalue weighted by Crippen LogP contribution is 2.13. The number of fused-ring (bicyclic) bond motifs is 1. The molecular weight excluding hydrogens is 276 g/mol. The number of carbonyl (C=O) groups excluding carboxylic acids is 1. The average molecular weight is 283 g/mol. The number of hydrogen-bond acceptors (Lipinski definition) is 4. The summed E-state index contributed by atoms with van der Waals surface area (Å²) in [4.78, 5) is 29.9. The fraction of sp³-hybridized carbons (Fsp3) is 0.100. The molecule has 2 aromatic heterocycles. The summed E-state index contributed by atoms with van der Waals surface area (Å²) >= 11 is 3.24. The van der Waals surface area contributed by atoms with E-state index >= 15 is 0 Å². The normalized spacial score (nSPS) is 10.4. The van der Waals surface area contributed by atoms with Crippen molar-refractivity contribution >= 4 is 32.9 Å². The van der Waals surface area contributed by atoms with Gasteiger partial charge in [-0.25, -0.2) is 9.78 Å². The Labute approximate surface area is 98.6 Å². The van der Waals surface area contributed by atoms with Crippen LogP contribution in [0.25, 0.3) is 11.0 Å². The summed E-state index contributed by atoms with van der Waals surface area (Å²) in [5, 5.41) is 0. The molecule has 0 saturated heterocycles. The molecule has 0 saturated carbocycles. The van der Waals surface area contributed by atoms with Gasteiger partial charge in [-0.2, -0.15) is 0 Å². The molecule has 0 spiro atoms. The zero-order valence-electron chi connectivity index (χ0n) is 8.28. The van der Waals surface area contributed by atoms with Gasteiger partial charge in [0.05, 0.1) is 12.6 Å². The number of rotatable bonds is 1. The second-order valence-electron chi connectivity index (χ2n) is 3.07. The Hall–Kier alpha value is -1.69. The molecule has 2 rings (SSSR count). The number of methoxy groups -OCH3 is 1. The minimum Gasteiger partial charge on any atom is -0.465 e. The highest BCUT2D eigenvalue weighted by molar-refractivity contribution is 9.10. The number of pyridine rings is 2. The van der Waals surface area contributed by atoms with E-state index in [1.807, 2.05) is 0 Å². The van der Waals surface area contributed by atoms with Gasteiger partial charge in [0.15, 0.2) is 0 Å². The number of nitrogens with one attached hydrogen (secondary N) is 1. The number of nitrogens with zero attached hydrogens (tertiary/aromatic N) is 1. The Morgan fingerprint density at radius 3 is 3.00 bits per heavy atom. The van der Waals surface area contributed by atoms with Gasteiger partial charge in [0.1, 0.15) is 11.1 Å². The van der Waals surface area contributed by atoms with Gasteiger partial charge in [-0.3, -0.25) is 4.79 Å². The molecule has 82 valence electrons. The van der Waals surface area contributed by atoms with Gasteiger partial charge in [-0.05, 0) is 22.0 Å². The van der Waals surface area contributed by atoms with Crippen LogP contribution < -0.4 is 5.43 Å². The lowest BCUT2D eigenvalue weighted by Gasteiger charge is -2.01. The van der Waals surface area contributed by atoms with E-state index in [-0.39, 0.29) is 11.1 Å². The lowest BCUT2D eigenvalue weighted by atomic mass is 10.2. The van der Waals surface area contributed by atoms with Crippen LogP contribution in [0.15, 0.2) is 27.7 Å². The minimum absolute atomic E-state index is 0.0511. The number of aromatic nitrogens is 2. The lowest BCUT2D eigenvalue weighted by Crippen LogP contribution is -2.17. The van der Waals surface area contributed by atoms with Crippen molar-refractivity contribution in [3.8, 4) is 0 Å². The van der Waals surface area contributed by atoms with E-state index in [1.54, 1.807) is 6.07 Å². The predicted molar refractivity (Wildman–Crippen MR) is 61.4 cm³/mol. The van der Waals surface area contributed by atoms with Gasteiger partial charge in [0.2, 0.25) is 5.43 Å². The molecular formula is C10H7BrN2O3. The van der Waals surface area contributed by atoms with Crippen LogP contribution >= 0.6 is 15.9 Å². The van der Waals surface area contributed by atoms with Gasteiger partial charge in [0, 0.05) is 16.9 Å². The van der Waals surface area contributed by atoms with Gasteiger partial charge < -0.3 is 9.72 Å². The van der Waals surface area contributed by atoms with Crippen LogP contribution in [-0.4, -0.2) is 23.0 Å². The number of carbonyl (C=O) groups is 1. The number of H-pyrrole nitrogens is 1. The van der Waals surface area contributed by atoms with E-state index in [0.29, 0.717) is 5.52 Å². The highest BCUT2D eigenvalue weighted by Gasteiger charge is 2.13. The summed E-state index contributed by atoms with van der Waals surface area (Å²) in [6.07, 6.45) is 2.82. The first-order valence-electron chi connectivity index (χ1n) is 4.38. The van der Waals surface area contributed by atoms with Gasteiger partial charge in [-0.1, -0.05) is 0 Å². The largest absolute Gasteiger partial charge is 0.465 e. The zero-order valence-corrected chi connectivity index (χ0v) is 9.87. The minimum atomic E-state index is -0.673. The third kappa shape index (κ3) is 1.71. The van der Waals surface area contributed by atoms with E-state index in [1.165, 1.54) is 19.5 Å². The first-order valence-corrected chi connectivity index (χ1v) is 5.18. The first-order chi connectivity index (χ1) is 7.63. The van der Waals surface area contributed by atoms with Crippen LogP contribution in [0.5, 0.6) is 0 Å². The lowest BCUT2D eigenvalue weighted by molar-refractivity contribution is 0.0599. The SMILES string of the molecule is COC(=O)c1c[nH]c2cc(Br)cnc2c1=O. The number of esters is 1. The van der Waals surface area contributed by atoms with Crippen LogP contribution in [0.2, 0.25) is 0 Å². The van der Waals surface area contributed by atoms with E-state index in [9.17, 15) is 9.59 Å². The van der Waals surface area contributed by atoms with Crippen molar-refractivity contribution in [1.82, 2.24) is 9.97 Å². The van der Waals surface area contributed by atoms with Crippen molar-refractivity contribution in [3.63, 3.8) is 0 Å². The fourth-order valence-electron chi connectivity index (χ4n) is 1.33. The number of ether oxygens (including phenoxy) is 1. The summed E-state index contributed by atoms with van der Waals surface area (Å²) in [6.45, 7) is 0. The standard InChI is InChI=1S/C10H7BrN2O3/c1-16-10(15)6-4-12-7-2-5(11)3-13-8(7)9(6)14/h2-4H,1H3,(H,12,14). The van der Waals surface area contributed by atoms with Crippen LogP contribution in [0.3, 0.4) is 0 Å². The molecule has 2 aromatic rings. The summed E-state index contributed by atoms with van der Waals surface area (Å²) in [7, 11) is 1.22. The van der Waals surface area contributed by atoms with Crippen molar-refractivity contribution in [1.29, 1.82) is 0 Å². The van der Waals surface area contributed by atoms with Crippen molar-refractivity contribution in [2.75, 3.05) is 7.11 Å². The Morgan fingerprint density at radius 2 is 2.31 bits per heavy atom. The maximum atomic E-state index is 11.8. The Morgan fingerprint density at radius 1 is 1.56 bits per heavy atom. The fourth-order valence-corrected chi connectivity index (χ4v) is 1.67. The smallest absolute Gasteiger partial charge is 0.343 e. The molecule has 0 aliphatic carbocycles. The Balaban J connectivity index is 2.76. The highest BCUT2D eigenvalue weighted by atomic mass is 79.9. The van der Waals surface area contributed by atoms with Crippen molar-refractivity contribution < 1.29 is 9.53 Å².